The molecule has 114 valence electrons. The topological polar surface area (TPSA) is 69.6 Å². The van der Waals surface area contributed by atoms with E-state index in [1.165, 1.54) is 4.31 Å². The summed E-state index contributed by atoms with van der Waals surface area (Å²) in [4.78, 5) is 0. The van der Waals surface area contributed by atoms with Crippen molar-refractivity contribution in [2.45, 2.75) is 58.0 Å². The van der Waals surface area contributed by atoms with Crippen molar-refractivity contribution in [2.75, 3.05) is 25.4 Å². The fraction of sp³-hybridized carbons (Fsp3) is 1.00. The highest BCUT2D eigenvalue weighted by atomic mass is 32.2. The summed E-state index contributed by atoms with van der Waals surface area (Å²) >= 11 is 0. The lowest BCUT2D eigenvalue weighted by molar-refractivity contribution is 0.226. The Hall–Kier alpha value is -0.170. The molecule has 6 heteroatoms. The van der Waals surface area contributed by atoms with Crippen molar-refractivity contribution >= 4 is 10.0 Å². The van der Waals surface area contributed by atoms with Crippen molar-refractivity contribution in [3.8, 4) is 0 Å². The van der Waals surface area contributed by atoms with Gasteiger partial charge in [0.15, 0.2) is 0 Å². The lowest BCUT2D eigenvalue weighted by Crippen LogP contribution is -2.42. The first-order chi connectivity index (χ1) is 8.97. The Morgan fingerprint density at radius 2 is 1.95 bits per heavy atom. The number of hydrogen-bond acceptors (Lipinski definition) is 4. The minimum absolute atomic E-state index is 0.0972. The van der Waals surface area contributed by atoms with E-state index in [2.05, 4.69) is 5.32 Å². The number of rotatable bonds is 9. The van der Waals surface area contributed by atoms with E-state index in [-0.39, 0.29) is 24.9 Å². The van der Waals surface area contributed by atoms with Crippen molar-refractivity contribution in [3.63, 3.8) is 0 Å². The van der Waals surface area contributed by atoms with Gasteiger partial charge in [0.2, 0.25) is 10.0 Å². The third kappa shape index (κ3) is 5.77. The van der Waals surface area contributed by atoms with E-state index in [9.17, 15) is 8.42 Å². The number of hydrogen-bond donors (Lipinski definition) is 2. The molecule has 1 aliphatic rings. The maximum Gasteiger partial charge on any atom is 0.214 e. The van der Waals surface area contributed by atoms with Gasteiger partial charge in [0.1, 0.15) is 0 Å². The van der Waals surface area contributed by atoms with Crippen LogP contribution in [0.5, 0.6) is 0 Å². The maximum absolute atomic E-state index is 12.3. The molecule has 0 saturated heterocycles. The molecule has 0 spiro atoms. The third-order valence-electron chi connectivity index (χ3n) is 3.54. The van der Waals surface area contributed by atoms with Crippen LogP contribution in [0.25, 0.3) is 0 Å². The fourth-order valence-electron chi connectivity index (χ4n) is 2.60. The van der Waals surface area contributed by atoms with Gasteiger partial charge in [-0.1, -0.05) is 26.7 Å². The first kappa shape index (κ1) is 16.9. The Kier molecular flexibility index (Phi) is 7.28. The highest BCUT2D eigenvalue weighted by Crippen LogP contribution is 2.25. The molecular formula is C13H28N2O3S. The van der Waals surface area contributed by atoms with Crippen molar-refractivity contribution in [3.05, 3.63) is 0 Å². The predicted molar refractivity (Wildman–Crippen MR) is 77.6 cm³/mol. The van der Waals surface area contributed by atoms with E-state index in [1.54, 1.807) is 0 Å². The highest BCUT2D eigenvalue weighted by Gasteiger charge is 2.30. The number of nitrogens with one attached hydrogen (secondary N) is 1. The molecule has 1 rings (SSSR count). The Morgan fingerprint density at radius 3 is 2.47 bits per heavy atom. The van der Waals surface area contributed by atoms with E-state index in [4.69, 9.17) is 5.11 Å². The van der Waals surface area contributed by atoms with Gasteiger partial charge in [-0.3, -0.25) is 0 Å². The Bertz CT molecular complexity index is 338. The van der Waals surface area contributed by atoms with Gasteiger partial charge in [-0.05, 0) is 25.8 Å². The summed E-state index contributed by atoms with van der Waals surface area (Å²) in [6, 6.07) is 0.487. The largest absolute Gasteiger partial charge is 0.395 e. The molecule has 0 aromatic carbocycles. The van der Waals surface area contributed by atoms with Crippen LogP contribution in [-0.4, -0.2) is 55.4 Å². The van der Waals surface area contributed by atoms with Crippen LogP contribution in [0.1, 0.15) is 46.0 Å². The van der Waals surface area contributed by atoms with Gasteiger partial charge in [0.05, 0.1) is 12.4 Å². The molecule has 0 bridgehead atoms. The molecule has 0 heterocycles. The lowest BCUT2D eigenvalue weighted by atomic mass is 10.2. The summed E-state index contributed by atoms with van der Waals surface area (Å²) < 4.78 is 26.2. The number of sulfonamides is 1. The summed E-state index contributed by atoms with van der Waals surface area (Å²) in [6.45, 7) is 4.95. The molecule has 1 fully saturated rings. The van der Waals surface area contributed by atoms with Crippen LogP contribution < -0.4 is 5.32 Å². The fourth-order valence-corrected chi connectivity index (χ4v) is 4.37. The van der Waals surface area contributed by atoms with Crippen LogP contribution in [0.3, 0.4) is 0 Å². The van der Waals surface area contributed by atoms with Crippen LogP contribution in [0, 0.1) is 0 Å². The zero-order valence-corrected chi connectivity index (χ0v) is 13.0. The average Bonchev–Trinajstić information content (AvgIpc) is 2.84. The lowest BCUT2D eigenvalue weighted by Gasteiger charge is -2.27. The molecule has 2 N–H and O–H groups in total. The predicted octanol–water partition coefficient (Wildman–Crippen LogP) is 0.941. The highest BCUT2D eigenvalue weighted by molar-refractivity contribution is 7.89. The molecule has 1 aliphatic carbocycles. The van der Waals surface area contributed by atoms with Gasteiger partial charge in [-0.15, -0.1) is 0 Å². The van der Waals surface area contributed by atoms with E-state index in [0.29, 0.717) is 19.0 Å². The van der Waals surface area contributed by atoms with Gasteiger partial charge in [0, 0.05) is 18.6 Å². The molecule has 0 aromatic rings. The number of nitrogens with zero attached hydrogens (tertiary/aromatic N) is 1. The van der Waals surface area contributed by atoms with Crippen molar-refractivity contribution < 1.29 is 13.5 Å². The van der Waals surface area contributed by atoms with Crippen LogP contribution >= 0.6 is 0 Å². The van der Waals surface area contributed by atoms with Crippen LogP contribution in [0.4, 0.5) is 0 Å². The minimum Gasteiger partial charge on any atom is -0.395 e. The second-order valence-corrected chi connectivity index (χ2v) is 7.59. The second-order valence-electron chi connectivity index (χ2n) is 5.55. The quantitative estimate of drug-likeness (QED) is 0.621. The van der Waals surface area contributed by atoms with E-state index < -0.39 is 10.0 Å². The van der Waals surface area contributed by atoms with Gasteiger partial charge in [0.25, 0.3) is 0 Å². The summed E-state index contributed by atoms with van der Waals surface area (Å²) in [7, 11) is -3.23. The van der Waals surface area contributed by atoms with Crippen LogP contribution in [0.2, 0.25) is 0 Å². The smallest absolute Gasteiger partial charge is 0.214 e. The van der Waals surface area contributed by atoms with Crippen molar-refractivity contribution in [1.29, 1.82) is 0 Å². The van der Waals surface area contributed by atoms with Crippen molar-refractivity contribution in [2.24, 2.45) is 0 Å². The van der Waals surface area contributed by atoms with Crippen LogP contribution in [0.15, 0.2) is 0 Å². The molecule has 0 aromatic heterocycles. The zero-order chi connectivity index (χ0) is 14.3. The standard InChI is InChI=1S/C13H28N2O3S/c1-12(2)14-8-5-11-19(17,18)15(9-10-16)13-6-3-4-7-13/h12-14,16H,3-11H2,1-2H3. The Labute approximate surface area is 117 Å². The molecule has 0 aliphatic heterocycles. The summed E-state index contributed by atoms with van der Waals surface area (Å²) in [5.74, 6) is 0.170. The van der Waals surface area contributed by atoms with Gasteiger partial charge < -0.3 is 10.4 Å². The molecule has 0 atom stereocenters. The summed E-state index contributed by atoms with van der Waals surface area (Å²) in [5.41, 5.74) is 0. The normalized spacial score (nSPS) is 17.7. The van der Waals surface area contributed by atoms with Gasteiger partial charge in [-0.2, -0.15) is 4.31 Å². The monoisotopic (exact) mass is 292 g/mol. The van der Waals surface area contributed by atoms with E-state index in [1.807, 2.05) is 13.8 Å². The SMILES string of the molecule is CC(C)NCCCS(=O)(=O)N(CCO)C1CCCC1. The molecule has 1 saturated carbocycles. The van der Waals surface area contributed by atoms with Gasteiger partial charge in [-0.25, -0.2) is 8.42 Å². The number of aliphatic hydroxyl groups excluding tert-OH is 1. The first-order valence-electron chi connectivity index (χ1n) is 7.31. The van der Waals surface area contributed by atoms with E-state index in [0.717, 1.165) is 25.7 Å². The van der Waals surface area contributed by atoms with Crippen LogP contribution in [-0.2, 0) is 10.0 Å². The van der Waals surface area contributed by atoms with E-state index >= 15 is 0 Å². The maximum atomic E-state index is 12.3. The summed E-state index contributed by atoms with van der Waals surface area (Å²) in [5, 5.41) is 12.3. The Balaban J connectivity index is 2.50. The molecule has 0 amide bonds. The molecule has 0 radical (unpaired) electrons. The zero-order valence-electron chi connectivity index (χ0n) is 12.1. The minimum atomic E-state index is -3.23. The molecule has 19 heavy (non-hydrogen) atoms. The third-order valence-corrected chi connectivity index (χ3v) is 5.54. The molecule has 5 nitrogen and oxygen atoms in total. The molecule has 0 unspecified atom stereocenters. The first-order valence-corrected chi connectivity index (χ1v) is 8.92. The molecular weight excluding hydrogens is 264 g/mol. The summed E-state index contributed by atoms with van der Waals surface area (Å²) in [6.07, 6.45) is 4.68. The van der Waals surface area contributed by atoms with Crippen molar-refractivity contribution in [1.82, 2.24) is 9.62 Å². The average molecular weight is 292 g/mol. The number of aliphatic hydroxyl groups is 1. The Morgan fingerprint density at radius 1 is 1.32 bits per heavy atom. The second kappa shape index (κ2) is 8.19. The van der Waals surface area contributed by atoms with Gasteiger partial charge >= 0.3 is 0 Å².